The molecule has 0 aliphatic heterocycles. The second kappa shape index (κ2) is 11.3. The summed E-state index contributed by atoms with van der Waals surface area (Å²) < 4.78 is 13.8. The minimum atomic E-state index is -2.47. The molecule has 0 unspecified atom stereocenters. The monoisotopic (exact) mass is 492 g/mol. The Morgan fingerprint density at radius 3 is 0.750 bits per heavy atom. The van der Waals surface area contributed by atoms with Gasteiger partial charge in [0.05, 0.1) is 0 Å². The molecule has 0 aromatic heterocycles. The van der Waals surface area contributed by atoms with E-state index in [0.29, 0.717) is 0 Å². The first-order valence-corrected chi connectivity index (χ1v) is 16.9. The van der Waals surface area contributed by atoms with Crippen LogP contribution in [0.25, 0.3) is 0 Å². The molecule has 1 fully saturated rings. The molecule has 6 atom stereocenters. The van der Waals surface area contributed by atoms with Gasteiger partial charge in [0.2, 0.25) is 16.6 Å². The van der Waals surface area contributed by atoms with Crippen LogP contribution in [-0.4, -0.2) is 73.7 Å². The van der Waals surface area contributed by atoms with Gasteiger partial charge in [-0.2, -0.15) is 0 Å². The van der Waals surface area contributed by atoms with E-state index in [9.17, 15) is 20.4 Å². The molecule has 0 heterocycles. The summed E-state index contributed by atoms with van der Waals surface area (Å²) in [5.41, 5.74) is 1.58. The van der Waals surface area contributed by atoms with Crippen LogP contribution >= 0.6 is 0 Å². The zero-order valence-electron chi connectivity index (χ0n) is 22.5. The average Bonchev–Trinajstić information content (AvgIpc) is 2.65. The summed E-state index contributed by atoms with van der Waals surface area (Å²) in [5.74, 6) is 0. The van der Waals surface area contributed by atoms with Gasteiger partial charge in [0.15, 0.2) is 0 Å². The molecular weight excluding hydrogens is 440 g/mol. The molecule has 1 rings (SSSR count). The molecular formula is C24H52O6Si2. The Morgan fingerprint density at radius 1 is 0.406 bits per heavy atom. The van der Waals surface area contributed by atoms with E-state index in [-0.39, 0.29) is 33.2 Å². The first kappa shape index (κ1) is 30.2. The van der Waals surface area contributed by atoms with E-state index in [1.54, 1.807) is 0 Å². The summed E-state index contributed by atoms with van der Waals surface area (Å²) in [7, 11) is -4.93. The first-order valence-electron chi connectivity index (χ1n) is 12.6. The number of aliphatic hydroxyl groups excluding tert-OH is 4. The lowest BCUT2D eigenvalue weighted by atomic mass is 9.85. The van der Waals surface area contributed by atoms with Crippen LogP contribution in [0.2, 0.25) is 33.2 Å². The minimum absolute atomic E-state index is 0.263. The van der Waals surface area contributed by atoms with Crippen LogP contribution in [0.1, 0.15) is 83.1 Å². The zero-order valence-corrected chi connectivity index (χ0v) is 24.5. The van der Waals surface area contributed by atoms with Crippen LogP contribution in [0.4, 0.5) is 0 Å². The van der Waals surface area contributed by atoms with E-state index >= 15 is 0 Å². The van der Waals surface area contributed by atoms with Crippen molar-refractivity contribution in [2.24, 2.45) is 0 Å². The van der Waals surface area contributed by atoms with Crippen LogP contribution in [-0.2, 0) is 8.85 Å². The van der Waals surface area contributed by atoms with Crippen LogP contribution in [0.15, 0.2) is 0 Å². The topological polar surface area (TPSA) is 99.4 Å². The van der Waals surface area contributed by atoms with Crippen LogP contribution < -0.4 is 0 Å². The highest BCUT2D eigenvalue weighted by molar-refractivity contribution is 6.78. The molecule has 32 heavy (non-hydrogen) atoms. The number of rotatable bonds is 10. The molecule has 6 nitrogen and oxygen atoms in total. The lowest BCUT2D eigenvalue weighted by Crippen LogP contribution is -2.70. The predicted octanol–water partition coefficient (Wildman–Crippen LogP) is 4.57. The fraction of sp³-hybridized carbons (Fsp3) is 1.00. The maximum atomic E-state index is 11.1. The Bertz CT molecular complexity index is 487. The maximum absolute atomic E-state index is 11.1. The first-order chi connectivity index (χ1) is 14.5. The van der Waals surface area contributed by atoms with E-state index in [1.165, 1.54) is 0 Å². The second-order valence-electron chi connectivity index (χ2n) is 11.8. The van der Waals surface area contributed by atoms with Gasteiger partial charge in [-0.25, -0.2) is 0 Å². The number of hydrogen-bond donors (Lipinski definition) is 4. The lowest BCUT2D eigenvalue weighted by Gasteiger charge is -2.54. The quantitative estimate of drug-likeness (QED) is 0.334. The molecule has 1 saturated carbocycles. The average molecular weight is 493 g/mol. The van der Waals surface area contributed by atoms with Crippen LogP contribution in [0.5, 0.6) is 0 Å². The maximum Gasteiger partial charge on any atom is 0.201 e. The van der Waals surface area contributed by atoms with E-state index in [1.807, 2.05) is 0 Å². The summed E-state index contributed by atoms with van der Waals surface area (Å²) in [6.45, 7) is 25.9. The van der Waals surface area contributed by atoms with E-state index in [0.717, 1.165) is 0 Å². The molecule has 0 saturated heterocycles. The molecule has 0 radical (unpaired) electrons. The fourth-order valence-electron chi connectivity index (χ4n) is 6.74. The summed E-state index contributed by atoms with van der Waals surface area (Å²) in [4.78, 5) is 0. The summed E-state index contributed by atoms with van der Waals surface area (Å²) in [5, 5.41) is 43.4. The van der Waals surface area contributed by atoms with E-state index in [4.69, 9.17) is 8.85 Å². The van der Waals surface area contributed by atoms with Gasteiger partial charge in [0.1, 0.15) is 36.6 Å². The molecule has 1 aliphatic carbocycles. The van der Waals surface area contributed by atoms with Gasteiger partial charge in [-0.1, -0.05) is 83.1 Å². The van der Waals surface area contributed by atoms with Crippen molar-refractivity contribution in [1.82, 2.24) is 0 Å². The standard InChI is InChI=1S/C24H52O6Si2/c1-13(2)31(14(3)4,15(5)6)29-23-21(27)19(25)20(26)22(28)24(23)30-32(16(7)8,17(9)10)18(11)12/h13-28H,1-12H3/t19-,20-,21-,22+,23-,24-/m0/s1. The molecule has 0 spiro atoms. The number of aliphatic hydroxyl groups is 4. The molecule has 8 heteroatoms. The summed E-state index contributed by atoms with van der Waals surface area (Å²) in [6, 6.07) is 0. The smallest absolute Gasteiger partial charge is 0.201 e. The van der Waals surface area contributed by atoms with Gasteiger partial charge in [-0.3, -0.25) is 0 Å². The normalized spacial score (nSPS) is 30.6. The third-order valence-electron chi connectivity index (χ3n) is 8.14. The lowest BCUT2D eigenvalue weighted by molar-refractivity contribution is -0.216. The highest BCUT2D eigenvalue weighted by Gasteiger charge is 2.58. The molecule has 0 bridgehead atoms. The molecule has 192 valence electrons. The van der Waals surface area contributed by atoms with Crippen molar-refractivity contribution in [3.63, 3.8) is 0 Å². The third-order valence-corrected chi connectivity index (χ3v) is 20.3. The Labute approximate surface area is 199 Å². The second-order valence-corrected chi connectivity index (χ2v) is 22.6. The van der Waals surface area contributed by atoms with Gasteiger partial charge >= 0.3 is 0 Å². The van der Waals surface area contributed by atoms with Crippen molar-refractivity contribution in [2.45, 2.75) is 153 Å². The van der Waals surface area contributed by atoms with Gasteiger partial charge in [-0.05, 0) is 33.2 Å². The predicted molar refractivity (Wildman–Crippen MR) is 136 cm³/mol. The van der Waals surface area contributed by atoms with Gasteiger partial charge < -0.3 is 29.3 Å². The van der Waals surface area contributed by atoms with Gasteiger partial charge in [-0.15, -0.1) is 0 Å². The fourth-order valence-corrected chi connectivity index (χ4v) is 17.9. The van der Waals surface area contributed by atoms with E-state index < -0.39 is 53.3 Å². The van der Waals surface area contributed by atoms with Crippen LogP contribution in [0, 0.1) is 0 Å². The summed E-state index contributed by atoms with van der Waals surface area (Å²) >= 11 is 0. The van der Waals surface area contributed by atoms with Crippen molar-refractivity contribution >= 4 is 16.6 Å². The van der Waals surface area contributed by atoms with Crippen molar-refractivity contribution in [3.8, 4) is 0 Å². The Hall–Kier alpha value is 0.194. The van der Waals surface area contributed by atoms with Crippen molar-refractivity contribution < 1.29 is 29.3 Å². The van der Waals surface area contributed by atoms with Crippen molar-refractivity contribution in [1.29, 1.82) is 0 Å². The molecule has 0 amide bonds. The molecule has 0 aromatic carbocycles. The largest absolute Gasteiger partial charge is 0.408 e. The van der Waals surface area contributed by atoms with Crippen molar-refractivity contribution in [3.05, 3.63) is 0 Å². The molecule has 0 aromatic rings. The Balaban J connectivity index is 3.63. The van der Waals surface area contributed by atoms with Gasteiger partial charge in [0, 0.05) is 0 Å². The highest BCUT2D eigenvalue weighted by Crippen LogP contribution is 2.48. The van der Waals surface area contributed by atoms with E-state index in [2.05, 4.69) is 83.1 Å². The zero-order chi connectivity index (χ0) is 25.3. The Kier molecular flexibility index (Phi) is 10.7. The highest BCUT2D eigenvalue weighted by atomic mass is 28.4. The van der Waals surface area contributed by atoms with Crippen molar-refractivity contribution in [2.75, 3.05) is 0 Å². The van der Waals surface area contributed by atoms with Gasteiger partial charge in [0.25, 0.3) is 0 Å². The molecule has 1 aliphatic rings. The van der Waals surface area contributed by atoms with Crippen LogP contribution in [0.3, 0.4) is 0 Å². The Morgan fingerprint density at radius 2 is 0.594 bits per heavy atom. The third kappa shape index (κ3) is 5.22. The SMILES string of the molecule is CC(C)[Si](O[C@H]1[C@H](O)[C@@H](O)[C@H](O)[C@H](O)[C@@H]1O[Si](C(C)C)(C(C)C)C(C)C)(C(C)C)C(C)C. The number of hydrogen-bond acceptors (Lipinski definition) is 6. The minimum Gasteiger partial charge on any atom is -0.408 e. The molecule has 4 N–H and O–H groups in total. The summed E-state index contributed by atoms with van der Waals surface area (Å²) in [6.07, 6.45) is -7.43.